The maximum atomic E-state index is 13.3. The molecule has 5 heteroatoms. The summed E-state index contributed by atoms with van der Waals surface area (Å²) >= 11 is 0. The second-order valence-corrected chi connectivity index (χ2v) is 6.38. The standard InChI is InChI=1S/C20H23FN2O2/c21-16-9-10-17-15(13-16)8-11-19(17)23-20(25)22-18(7-4-12-24)14-5-2-1-3-6-14/h1-3,5-6,9-10,13,18-19,24H,4,7-8,11-12H2,(H2,22,23,25). The average Bonchev–Trinajstić information content (AvgIpc) is 3.01. The van der Waals surface area contributed by atoms with Gasteiger partial charge in [0.2, 0.25) is 0 Å². The lowest BCUT2D eigenvalue weighted by atomic mass is 10.0. The molecule has 0 radical (unpaired) electrons. The van der Waals surface area contributed by atoms with Gasteiger partial charge in [-0.25, -0.2) is 9.18 Å². The first-order valence-corrected chi connectivity index (χ1v) is 8.68. The summed E-state index contributed by atoms with van der Waals surface area (Å²) in [5.41, 5.74) is 2.97. The van der Waals surface area contributed by atoms with Crippen molar-refractivity contribution in [2.24, 2.45) is 0 Å². The number of hydrogen-bond donors (Lipinski definition) is 3. The number of fused-ring (bicyclic) bond motifs is 1. The van der Waals surface area contributed by atoms with Crippen molar-refractivity contribution in [1.82, 2.24) is 10.6 Å². The lowest BCUT2D eigenvalue weighted by Crippen LogP contribution is -2.39. The number of halogens is 1. The Bertz CT molecular complexity index is 721. The number of rotatable bonds is 6. The molecule has 0 heterocycles. The van der Waals surface area contributed by atoms with E-state index in [4.69, 9.17) is 5.11 Å². The quantitative estimate of drug-likeness (QED) is 0.751. The van der Waals surface area contributed by atoms with E-state index in [0.717, 1.165) is 29.5 Å². The lowest BCUT2D eigenvalue weighted by molar-refractivity contribution is 0.229. The zero-order valence-corrected chi connectivity index (χ0v) is 14.0. The molecule has 0 spiro atoms. The molecular weight excluding hydrogens is 319 g/mol. The predicted molar refractivity (Wildman–Crippen MR) is 94.6 cm³/mol. The molecule has 0 bridgehead atoms. The first-order chi connectivity index (χ1) is 12.2. The number of carbonyl (C=O) groups excluding carboxylic acids is 1. The van der Waals surface area contributed by atoms with Gasteiger partial charge >= 0.3 is 6.03 Å². The highest BCUT2D eigenvalue weighted by Gasteiger charge is 2.25. The molecule has 2 aromatic carbocycles. The molecule has 1 aliphatic carbocycles. The van der Waals surface area contributed by atoms with Gasteiger partial charge in [-0.05, 0) is 54.5 Å². The van der Waals surface area contributed by atoms with Crippen LogP contribution in [0.2, 0.25) is 0 Å². The largest absolute Gasteiger partial charge is 0.396 e. The Kier molecular flexibility index (Phi) is 5.66. The van der Waals surface area contributed by atoms with Gasteiger partial charge in [-0.1, -0.05) is 36.4 Å². The molecule has 2 amide bonds. The molecule has 3 rings (SSSR count). The van der Waals surface area contributed by atoms with E-state index in [1.165, 1.54) is 6.07 Å². The Morgan fingerprint density at radius 3 is 2.80 bits per heavy atom. The summed E-state index contributed by atoms with van der Waals surface area (Å²) in [6.45, 7) is 0.0915. The molecule has 0 aromatic heterocycles. The first kappa shape index (κ1) is 17.4. The summed E-state index contributed by atoms with van der Waals surface area (Å²) < 4.78 is 13.3. The van der Waals surface area contributed by atoms with Gasteiger partial charge in [-0.3, -0.25) is 0 Å². The van der Waals surface area contributed by atoms with E-state index >= 15 is 0 Å². The van der Waals surface area contributed by atoms with E-state index in [-0.39, 0.29) is 30.5 Å². The summed E-state index contributed by atoms with van der Waals surface area (Å²) in [7, 11) is 0. The third-order valence-corrected chi connectivity index (χ3v) is 4.65. The molecule has 25 heavy (non-hydrogen) atoms. The fraction of sp³-hybridized carbons (Fsp3) is 0.350. The molecule has 0 aliphatic heterocycles. The monoisotopic (exact) mass is 342 g/mol. The number of aliphatic hydroxyl groups excluding tert-OH is 1. The molecule has 3 N–H and O–H groups in total. The zero-order valence-electron chi connectivity index (χ0n) is 14.0. The van der Waals surface area contributed by atoms with Crippen molar-refractivity contribution in [2.45, 2.75) is 37.8 Å². The number of amides is 2. The highest BCUT2D eigenvalue weighted by molar-refractivity contribution is 5.75. The minimum absolute atomic E-state index is 0.0915. The van der Waals surface area contributed by atoms with Crippen LogP contribution in [-0.4, -0.2) is 17.7 Å². The first-order valence-electron chi connectivity index (χ1n) is 8.68. The third kappa shape index (κ3) is 4.37. The number of benzene rings is 2. The molecule has 2 atom stereocenters. The average molecular weight is 342 g/mol. The summed E-state index contributed by atoms with van der Waals surface area (Å²) in [6, 6.07) is 14.0. The van der Waals surface area contributed by atoms with Crippen LogP contribution in [0.3, 0.4) is 0 Å². The van der Waals surface area contributed by atoms with Crippen LogP contribution in [0.4, 0.5) is 9.18 Å². The molecule has 4 nitrogen and oxygen atoms in total. The SMILES string of the molecule is O=C(NC(CCCO)c1ccccc1)NC1CCc2cc(F)ccc21. The predicted octanol–water partition coefficient (Wildman–Crippen LogP) is 3.63. The van der Waals surface area contributed by atoms with E-state index < -0.39 is 0 Å². The summed E-state index contributed by atoms with van der Waals surface area (Å²) in [6.07, 6.45) is 2.83. The van der Waals surface area contributed by atoms with Crippen LogP contribution in [0.25, 0.3) is 0 Å². The van der Waals surface area contributed by atoms with Crippen molar-refractivity contribution in [2.75, 3.05) is 6.61 Å². The Hall–Kier alpha value is -2.40. The molecule has 2 aromatic rings. The lowest BCUT2D eigenvalue weighted by Gasteiger charge is -2.21. The minimum atomic E-state index is -0.242. The second kappa shape index (κ2) is 8.12. The Morgan fingerprint density at radius 1 is 1.24 bits per heavy atom. The van der Waals surface area contributed by atoms with Crippen molar-refractivity contribution in [3.8, 4) is 0 Å². The van der Waals surface area contributed by atoms with E-state index in [1.54, 1.807) is 12.1 Å². The second-order valence-electron chi connectivity index (χ2n) is 6.38. The normalized spacial score (nSPS) is 17.0. The highest BCUT2D eigenvalue weighted by atomic mass is 19.1. The number of aryl methyl sites for hydroxylation is 1. The van der Waals surface area contributed by atoms with Gasteiger partial charge in [0.25, 0.3) is 0 Å². The van der Waals surface area contributed by atoms with E-state index in [1.807, 2.05) is 30.3 Å². The van der Waals surface area contributed by atoms with Crippen molar-refractivity contribution < 1.29 is 14.3 Å². The fourth-order valence-electron chi connectivity index (χ4n) is 3.40. The molecular formula is C20H23FN2O2. The highest BCUT2D eigenvalue weighted by Crippen LogP contribution is 2.31. The van der Waals surface area contributed by atoms with Gasteiger partial charge in [-0.15, -0.1) is 0 Å². The van der Waals surface area contributed by atoms with Crippen molar-refractivity contribution in [3.05, 3.63) is 71.0 Å². The van der Waals surface area contributed by atoms with Gasteiger partial charge in [0.1, 0.15) is 5.82 Å². The summed E-state index contributed by atoms with van der Waals surface area (Å²) in [5, 5.41) is 15.1. The van der Waals surface area contributed by atoms with Crippen molar-refractivity contribution >= 4 is 6.03 Å². The van der Waals surface area contributed by atoms with Crippen molar-refractivity contribution in [3.63, 3.8) is 0 Å². The molecule has 132 valence electrons. The topological polar surface area (TPSA) is 61.4 Å². The van der Waals surface area contributed by atoms with Crippen LogP contribution >= 0.6 is 0 Å². The zero-order chi connectivity index (χ0) is 17.6. The third-order valence-electron chi connectivity index (χ3n) is 4.65. The van der Waals surface area contributed by atoms with Crippen LogP contribution in [0.5, 0.6) is 0 Å². The smallest absolute Gasteiger partial charge is 0.315 e. The molecule has 0 fully saturated rings. The van der Waals surface area contributed by atoms with Crippen LogP contribution in [-0.2, 0) is 6.42 Å². The van der Waals surface area contributed by atoms with E-state index in [9.17, 15) is 9.18 Å². The number of hydrogen-bond acceptors (Lipinski definition) is 2. The van der Waals surface area contributed by atoms with Gasteiger partial charge in [0.15, 0.2) is 0 Å². The fourth-order valence-corrected chi connectivity index (χ4v) is 3.40. The molecule has 2 unspecified atom stereocenters. The number of carbonyl (C=O) groups is 1. The van der Waals surface area contributed by atoms with Crippen molar-refractivity contribution in [1.29, 1.82) is 0 Å². The molecule has 1 aliphatic rings. The van der Waals surface area contributed by atoms with Crippen LogP contribution < -0.4 is 10.6 Å². The maximum absolute atomic E-state index is 13.3. The van der Waals surface area contributed by atoms with E-state index in [2.05, 4.69) is 10.6 Å². The van der Waals surface area contributed by atoms with Gasteiger partial charge in [-0.2, -0.15) is 0 Å². The summed E-state index contributed by atoms with van der Waals surface area (Å²) in [5.74, 6) is -0.239. The summed E-state index contributed by atoms with van der Waals surface area (Å²) in [4.78, 5) is 12.5. The number of nitrogens with one attached hydrogen (secondary N) is 2. The van der Waals surface area contributed by atoms with Crippen LogP contribution in [0, 0.1) is 5.82 Å². The number of aliphatic hydroxyl groups is 1. The van der Waals surface area contributed by atoms with Gasteiger partial charge < -0.3 is 15.7 Å². The van der Waals surface area contributed by atoms with Gasteiger partial charge in [0, 0.05) is 6.61 Å². The Balaban J connectivity index is 1.65. The Labute approximate surface area is 147 Å². The number of urea groups is 1. The van der Waals surface area contributed by atoms with Gasteiger partial charge in [0.05, 0.1) is 12.1 Å². The molecule has 0 saturated carbocycles. The maximum Gasteiger partial charge on any atom is 0.315 e. The van der Waals surface area contributed by atoms with Crippen LogP contribution in [0.15, 0.2) is 48.5 Å². The van der Waals surface area contributed by atoms with E-state index in [0.29, 0.717) is 12.8 Å². The Morgan fingerprint density at radius 2 is 2.04 bits per heavy atom. The minimum Gasteiger partial charge on any atom is -0.396 e. The molecule has 0 saturated heterocycles. The van der Waals surface area contributed by atoms with Crippen LogP contribution in [0.1, 0.15) is 48.0 Å².